The Morgan fingerprint density at radius 1 is 2.00 bits per heavy atom. The number of carbonyl (C=O) groups excluding carboxylic acids is 1. The topological polar surface area (TPSA) is 72.5 Å². The van der Waals surface area contributed by atoms with E-state index in [1.807, 2.05) is 0 Å². The van der Waals surface area contributed by atoms with Crippen molar-refractivity contribution in [2.75, 3.05) is 7.11 Å². The monoisotopic (exact) mass is 131 g/mol. The van der Waals surface area contributed by atoms with Gasteiger partial charge >= 0.3 is 5.97 Å². The normalized spacial score (nSPS) is 40.1. The second-order valence-corrected chi connectivity index (χ2v) is 2.25. The Morgan fingerprint density at radius 3 is 2.56 bits per heavy atom. The second kappa shape index (κ2) is 1.68. The largest absolute Gasteiger partial charge is 0.468 e. The van der Waals surface area contributed by atoms with E-state index in [1.165, 1.54) is 7.11 Å². The standard InChI is InChI=1S/C5H9NO3/c1-9-4(8)5(6)2-3(5)7/h3,7H,2,6H2,1H3. The van der Waals surface area contributed by atoms with Crippen LogP contribution in [0.15, 0.2) is 0 Å². The summed E-state index contributed by atoms with van der Waals surface area (Å²) in [6, 6.07) is 0. The van der Waals surface area contributed by atoms with Crippen LogP contribution in [-0.4, -0.2) is 29.8 Å². The van der Waals surface area contributed by atoms with Crippen molar-refractivity contribution in [3.63, 3.8) is 0 Å². The summed E-state index contributed by atoms with van der Waals surface area (Å²) in [6.45, 7) is 0. The molecule has 1 rings (SSSR count). The van der Waals surface area contributed by atoms with E-state index in [2.05, 4.69) is 4.74 Å². The summed E-state index contributed by atoms with van der Waals surface area (Å²) in [5.74, 6) is -0.532. The lowest BCUT2D eigenvalue weighted by molar-refractivity contribution is -0.144. The maximum Gasteiger partial charge on any atom is 0.328 e. The molecule has 1 aliphatic rings. The highest BCUT2D eigenvalue weighted by Crippen LogP contribution is 2.33. The first-order chi connectivity index (χ1) is 4.11. The van der Waals surface area contributed by atoms with Crippen LogP contribution < -0.4 is 5.73 Å². The van der Waals surface area contributed by atoms with Crippen molar-refractivity contribution in [1.29, 1.82) is 0 Å². The van der Waals surface area contributed by atoms with Gasteiger partial charge in [0.25, 0.3) is 0 Å². The smallest absolute Gasteiger partial charge is 0.328 e. The molecule has 4 heteroatoms. The molecule has 0 aromatic carbocycles. The molecule has 0 aliphatic heterocycles. The highest BCUT2D eigenvalue weighted by molar-refractivity contribution is 5.85. The SMILES string of the molecule is COC(=O)C1(N)CC1O. The molecule has 2 atom stereocenters. The predicted octanol–water partition coefficient (Wildman–Crippen LogP) is -1.38. The summed E-state index contributed by atoms with van der Waals surface area (Å²) in [5.41, 5.74) is 4.23. The van der Waals surface area contributed by atoms with Crippen LogP contribution in [0.2, 0.25) is 0 Å². The van der Waals surface area contributed by atoms with E-state index >= 15 is 0 Å². The van der Waals surface area contributed by atoms with Gasteiger partial charge < -0.3 is 15.6 Å². The average molecular weight is 131 g/mol. The number of aliphatic hydroxyl groups excluding tert-OH is 1. The molecule has 1 saturated carbocycles. The molecular weight excluding hydrogens is 122 g/mol. The molecule has 2 unspecified atom stereocenters. The van der Waals surface area contributed by atoms with Crippen LogP contribution in [0, 0.1) is 0 Å². The Kier molecular flexibility index (Phi) is 1.22. The molecule has 4 nitrogen and oxygen atoms in total. The number of aliphatic hydroxyl groups is 1. The van der Waals surface area contributed by atoms with E-state index in [9.17, 15) is 4.79 Å². The van der Waals surface area contributed by atoms with Gasteiger partial charge in [0.15, 0.2) is 0 Å². The fourth-order valence-electron chi connectivity index (χ4n) is 0.670. The van der Waals surface area contributed by atoms with Gasteiger partial charge in [-0.1, -0.05) is 0 Å². The second-order valence-electron chi connectivity index (χ2n) is 2.25. The van der Waals surface area contributed by atoms with Crippen LogP contribution in [0.5, 0.6) is 0 Å². The van der Waals surface area contributed by atoms with Crippen LogP contribution in [-0.2, 0) is 9.53 Å². The first kappa shape index (κ1) is 6.51. The summed E-state index contributed by atoms with van der Waals surface area (Å²) in [6.07, 6.45) is -0.385. The first-order valence-electron chi connectivity index (χ1n) is 2.66. The molecule has 9 heavy (non-hydrogen) atoms. The number of rotatable bonds is 1. The van der Waals surface area contributed by atoms with Crippen LogP contribution >= 0.6 is 0 Å². The average Bonchev–Trinajstić information content (AvgIpc) is 2.41. The fourth-order valence-corrected chi connectivity index (χ4v) is 0.670. The van der Waals surface area contributed by atoms with Gasteiger partial charge in [-0.15, -0.1) is 0 Å². The van der Waals surface area contributed by atoms with E-state index in [0.29, 0.717) is 6.42 Å². The minimum atomic E-state index is -1.09. The van der Waals surface area contributed by atoms with E-state index in [1.54, 1.807) is 0 Å². The van der Waals surface area contributed by atoms with Crippen LogP contribution in [0.3, 0.4) is 0 Å². The zero-order valence-corrected chi connectivity index (χ0v) is 5.13. The van der Waals surface area contributed by atoms with Gasteiger partial charge in [0.05, 0.1) is 13.2 Å². The summed E-state index contributed by atoms with van der Waals surface area (Å²) in [5, 5.41) is 8.76. The minimum Gasteiger partial charge on any atom is -0.468 e. The van der Waals surface area contributed by atoms with Gasteiger partial charge in [-0.2, -0.15) is 0 Å². The molecule has 0 heterocycles. The molecule has 0 radical (unpaired) electrons. The Balaban J connectivity index is 2.53. The number of nitrogens with two attached hydrogens (primary N) is 1. The number of carbonyl (C=O) groups is 1. The lowest BCUT2D eigenvalue weighted by Gasteiger charge is -2.03. The number of hydrogen-bond acceptors (Lipinski definition) is 4. The number of ether oxygens (including phenoxy) is 1. The summed E-state index contributed by atoms with van der Waals surface area (Å²) < 4.78 is 4.32. The van der Waals surface area contributed by atoms with Crippen molar-refractivity contribution in [3.05, 3.63) is 0 Å². The van der Waals surface area contributed by atoms with Crippen LogP contribution in [0.4, 0.5) is 0 Å². The predicted molar refractivity (Wildman–Crippen MR) is 29.6 cm³/mol. The van der Waals surface area contributed by atoms with E-state index < -0.39 is 17.6 Å². The van der Waals surface area contributed by atoms with Gasteiger partial charge in [0.1, 0.15) is 5.54 Å². The summed E-state index contributed by atoms with van der Waals surface area (Å²) in [4.78, 5) is 10.6. The zero-order chi connectivity index (χ0) is 7.07. The molecule has 1 fully saturated rings. The van der Waals surface area contributed by atoms with Gasteiger partial charge in [0.2, 0.25) is 0 Å². The Morgan fingerprint density at radius 2 is 2.44 bits per heavy atom. The molecular formula is C5H9NO3. The van der Waals surface area contributed by atoms with Gasteiger partial charge in [-0.3, -0.25) is 0 Å². The third kappa shape index (κ3) is 0.799. The first-order valence-corrected chi connectivity index (χ1v) is 2.66. The van der Waals surface area contributed by atoms with E-state index in [-0.39, 0.29) is 0 Å². The Bertz CT molecular complexity index is 147. The lowest BCUT2D eigenvalue weighted by atomic mass is 10.3. The van der Waals surface area contributed by atoms with Crippen LogP contribution in [0.1, 0.15) is 6.42 Å². The fraction of sp³-hybridized carbons (Fsp3) is 0.800. The highest BCUT2D eigenvalue weighted by Gasteiger charge is 2.57. The number of hydrogen-bond donors (Lipinski definition) is 2. The van der Waals surface area contributed by atoms with Crippen LogP contribution in [0.25, 0.3) is 0 Å². The summed E-state index contributed by atoms with van der Waals surface area (Å²) in [7, 11) is 1.25. The quantitative estimate of drug-likeness (QED) is 0.430. The van der Waals surface area contributed by atoms with E-state index in [0.717, 1.165) is 0 Å². The highest BCUT2D eigenvalue weighted by atomic mass is 16.5. The molecule has 3 N–H and O–H groups in total. The van der Waals surface area contributed by atoms with Crippen molar-refractivity contribution >= 4 is 5.97 Å². The number of esters is 1. The molecule has 1 aliphatic carbocycles. The van der Waals surface area contributed by atoms with Gasteiger partial charge in [0, 0.05) is 6.42 Å². The van der Waals surface area contributed by atoms with Crippen molar-refractivity contribution in [3.8, 4) is 0 Å². The van der Waals surface area contributed by atoms with Crippen molar-refractivity contribution in [1.82, 2.24) is 0 Å². The lowest BCUT2D eigenvalue weighted by Crippen LogP contribution is -2.37. The third-order valence-corrected chi connectivity index (χ3v) is 1.53. The summed E-state index contributed by atoms with van der Waals surface area (Å²) >= 11 is 0. The molecule has 0 aromatic heterocycles. The van der Waals surface area contributed by atoms with E-state index in [4.69, 9.17) is 10.8 Å². The van der Waals surface area contributed by atoms with Crippen molar-refractivity contribution < 1.29 is 14.6 Å². The van der Waals surface area contributed by atoms with Gasteiger partial charge in [-0.05, 0) is 0 Å². The molecule has 0 spiro atoms. The zero-order valence-electron chi connectivity index (χ0n) is 5.13. The maximum absolute atomic E-state index is 10.6. The minimum absolute atomic E-state index is 0.319. The van der Waals surface area contributed by atoms with Gasteiger partial charge in [-0.25, -0.2) is 4.79 Å². The molecule has 0 bridgehead atoms. The molecule has 0 saturated heterocycles. The Labute approximate surface area is 52.6 Å². The Hall–Kier alpha value is -0.610. The molecule has 0 aromatic rings. The third-order valence-electron chi connectivity index (χ3n) is 1.53. The molecule has 0 amide bonds. The molecule has 52 valence electrons. The van der Waals surface area contributed by atoms with Crippen molar-refractivity contribution in [2.24, 2.45) is 5.73 Å². The number of methoxy groups -OCH3 is 1. The van der Waals surface area contributed by atoms with Crippen molar-refractivity contribution in [2.45, 2.75) is 18.1 Å². The maximum atomic E-state index is 10.6.